The van der Waals surface area contributed by atoms with Crippen LogP contribution in [0.3, 0.4) is 0 Å². The normalized spacial score (nSPS) is 12.1. The minimum atomic E-state index is -0.942. The van der Waals surface area contributed by atoms with E-state index in [4.69, 9.17) is 19.0 Å². The number of furan rings is 1. The van der Waals surface area contributed by atoms with Gasteiger partial charge in [-0.2, -0.15) is 0 Å². The minimum Gasteiger partial charge on any atom is -0.491 e. The van der Waals surface area contributed by atoms with Gasteiger partial charge in [0.1, 0.15) is 41.3 Å². The van der Waals surface area contributed by atoms with Crippen LogP contribution in [0, 0.1) is 6.92 Å². The molecule has 0 aliphatic heterocycles. The first-order valence-corrected chi connectivity index (χ1v) is 9.73. The predicted molar refractivity (Wildman–Crippen MR) is 115 cm³/mol. The molecular weight excluding hydrogens is 400 g/mol. The molecule has 0 radical (unpaired) electrons. The van der Waals surface area contributed by atoms with Gasteiger partial charge in [0.05, 0.1) is 17.7 Å². The zero-order valence-corrected chi connectivity index (χ0v) is 17.1. The first-order chi connectivity index (χ1) is 15.0. The smallest absolute Gasteiger partial charge is 0.255 e. The molecule has 1 atom stereocenters. The number of fused-ring (bicyclic) bond motifs is 2. The van der Waals surface area contributed by atoms with Crippen LogP contribution in [0.4, 0.5) is 0 Å². The third kappa shape index (κ3) is 4.16. The summed E-state index contributed by atoms with van der Waals surface area (Å²) in [5, 5.41) is 22.5. The number of hydrogen-bond donors (Lipinski definition) is 3. The first kappa shape index (κ1) is 20.6. The van der Waals surface area contributed by atoms with Crippen LogP contribution in [0.2, 0.25) is 0 Å². The second-order valence-corrected chi connectivity index (χ2v) is 7.01. The van der Waals surface area contributed by atoms with Crippen LogP contribution in [0.1, 0.15) is 16.1 Å². The molecule has 2 aromatic carbocycles. The Labute approximate surface area is 178 Å². The Morgan fingerprint density at radius 2 is 1.94 bits per heavy atom. The molecule has 0 aliphatic rings. The second kappa shape index (κ2) is 8.63. The molecule has 1 unspecified atom stereocenters. The third-order valence-corrected chi connectivity index (χ3v) is 4.85. The highest BCUT2D eigenvalue weighted by molar-refractivity contribution is 6.07. The van der Waals surface area contributed by atoms with E-state index in [1.165, 1.54) is 0 Å². The lowest BCUT2D eigenvalue weighted by Crippen LogP contribution is -2.21. The number of carbonyl (C=O) groups excluding carboxylic acids is 1. The number of aliphatic hydroxyl groups excluding tert-OH is 2. The van der Waals surface area contributed by atoms with Crippen molar-refractivity contribution in [1.82, 2.24) is 10.3 Å². The molecule has 0 bridgehead atoms. The molecule has 1 amide bonds. The number of pyridine rings is 1. The van der Waals surface area contributed by atoms with Crippen LogP contribution in [0.15, 0.2) is 53.1 Å². The van der Waals surface area contributed by atoms with Crippen LogP contribution in [-0.4, -0.2) is 47.5 Å². The summed E-state index contributed by atoms with van der Waals surface area (Å²) in [5.41, 5.74) is 1.73. The van der Waals surface area contributed by atoms with Gasteiger partial charge >= 0.3 is 0 Å². The number of aliphatic hydroxyl groups is 2. The molecule has 4 rings (SSSR count). The second-order valence-electron chi connectivity index (χ2n) is 7.01. The van der Waals surface area contributed by atoms with Gasteiger partial charge in [0.2, 0.25) is 0 Å². The third-order valence-electron chi connectivity index (χ3n) is 4.85. The van der Waals surface area contributed by atoms with Crippen molar-refractivity contribution in [2.75, 3.05) is 20.3 Å². The fraction of sp³-hybridized carbons (Fsp3) is 0.217. The molecule has 0 fully saturated rings. The van der Waals surface area contributed by atoms with Crippen LogP contribution < -0.4 is 14.8 Å². The Morgan fingerprint density at radius 1 is 1.16 bits per heavy atom. The predicted octanol–water partition coefficient (Wildman–Crippen LogP) is 3.17. The molecule has 8 nitrogen and oxygen atoms in total. The maximum absolute atomic E-state index is 12.1. The highest BCUT2D eigenvalue weighted by Gasteiger charge is 2.18. The number of ether oxygens (including phenoxy) is 2. The van der Waals surface area contributed by atoms with Gasteiger partial charge in [-0.3, -0.25) is 9.78 Å². The summed E-state index contributed by atoms with van der Waals surface area (Å²) in [6.07, 6.45) is 0.686. The summed E-state index contributed by atoms with van der Waals surface area (Å²) in [7, 11) is 1.58. The van der Waals surface area contributed by atoms with E-state index in [2.05, 4.69) is 10.3 Å². The number of benzene rings is 2. The van der Waals surface area contributed by atoms with Gasteiger partial charge in [0.25, 0.3) is 5.91 Å². The fourth-order valence-corrected chi connectivity index (χ4v) is 3.32. The van der Waals surface area contributed by atoms with E-state index in [0.717, 1.165) is 10.8 Å². The molecule has 160 valence electrons. The van der Waals surface area contributed by atoms with Crippen molar-refractivity contribution in [1.29, 1.82) is 0 Å². The van der Waals surface area contributed by atoms with E-state index >= 15 is 0 Å². The van der Waals surface area contributed by atoms with Crippen LogP contribution in [0.25, 0.3) is 21.9 Å². The molecule has 2 aromatic heterocycles. The number of nitrogens with one attached hydrogen (secondary N) is 1. The number of aromatic nitrogens is 1. The van der Waals surface area contributed by atoms with Gasteiger partial charge in [0.15, 0.2) is 0 Å². The molecule has 31 heavy (non-hydrogen) atoms. The maximum Gasteiger partial charge on any atom is 0.255 e. The van der Waals surface area contributed by atoms with Gasteiger partial charge in [-0.25, -0.2) is 0 Å². The van der Waals surface area contributed by atoms with Crippen molar-refractivity contribution in [2.24, 2.45) is 0 Å². The molecule has 0 aliphatic carbocycles. The number of amides is 1. The lowest BCUT2D eigenvalue weighted by Gasteiger charge is -2.12. The van der Waals surface area contributed by atoms with Gasteiger partial charge in [-0.05, 0) is 37.3 Å². The van der Waals surface area contributed by atoms with Crippen molar-refractivity contribution < 1.29 is 28.9 Å². The molecule has 0 saturated heterocycles. The summed E-state index contributed by atoms with van der Waals surface area (Å²) in [6, 6.07) is 12.4. The number of carbonyl (C=O) groups is 1. The molecule has 8 heteroatoms. The Bertz CT molecular complexity index is 1250. The average molecular weight is 422 g/mol. The van der Waals surface area contributed by atoms with E-state index in [1.807, 2.05) is 6.07 Å². The number of nitrogens with zero attached hydrogens (tertiary/aromatic N) is 1. The fourth-order valence-electron chi connectivity index (χ4n) is 3.32. The van der Waals surface area contributed by atoms with E-state index in [0.29, 0.717) is 39.7 Å². The van der Waals surface area contributed by atoms with E-state index in [-0.39, 0.29) is 19.1 Å². The number of rotatable bonds is 7. The summed E-state index contributed by atoms with van der Waals surface area (Å²) in [4.78, 5) is 16.5. The van der Waals surface area contributed by atoms with E-state index in [1.54, 1.807) is 56.6 Å². The highest BCUT2D eigenvalue weighted by Crippen LogP contribution is 2.34. The zero-order chi connectivity index (χ0) is 22.0. The summed E-state index contributed by atoms with van der Waals surface area (Å²) < 4.78 is 17.3. The summed E-state index contributed by atoms with van der Waals surface area (Å²) in [5.74, 6) is 2.03. The van der Waals surface area contributed by atoms with Gasteiger partial charge < -0.3 is 29.4 Å². The van der Waals surface area contributed by atoms with Crippen LogP contribution in [-0.2, 0) is 0 Å². The summed E-state index contributed by atoms with van der Waals surface area (Å²) >= 11 is 0. The molecular formula is C23H22N2O6. The zero-order valence-electron chi connectivity index (χ0n) is 17.1. The minimum absolute atomic E-state index is 0.0151. The SMILES string of the molecule is CNC(=O)c1c(C)oc2cc(Oc3ccnc4cc(OCC(O)CO)ccc34)ccc12. The Morgan fingerprint density at radius 3 is 2.71 bits per heavy atom. The van der Waals surface area contributed by atoms with E-state index < -0.39 is 6.10 Å². The standard InChI is InChI=1S/C23H22N2O6/c1-13-22(23(28)24-2)18-6-4-16(10-21(18)30-13)31-20-7-8-25-19-9-15(3-5-17(19)20)29-12-14(27)11-26/h3-10,14,26-27H,11-12H2,1-2H3,(H,24,28). The van der Waals surface area contributed by atoms with Gasteiger partial charge in [-0.15, -0.1) is 0 Å². The maximum atomic E-state index is 12.1. The quantitative estimate of drug-likeness (QED) is 0.419. The lowest BCUT2D eigenvalue weighted by atomic mass is 10.1. The van der Waals surface area contributed by atoms with Gasteiger partial charge in [-0.1, -0.05) is 0 Å². The Hall–Kier alpha value is -3.62. The van der Waals surface area contributed by atoms with Crippen molar-refractivity contribution in [3.63, 3.8) is 0 Å². The topological polar surface area (TPSA) is 114 Å². The van der Waals surface area contributed by atoms with Crippen molar-refractivity contribution >= 4 is 27.8 Å². The van der Waals surface area contributed by atoms with Crippen molar-refractivity contribution in [3.05, 3.63) is 60.0 Å². The number of aryl methyl sites for hydroxylation is 1. The van der Waals surface area contributed by atoms with E-state index in [9.17, 15) is 9.90 Å². The Balaban J connectivity index is 1.62. The summed E-state index contributed by atoms with van der Waals surface area (Å²) in [6.45, 7) is 1.37. The van der Waals surface area contributed by atoms with Crippen LogP contribution >= 0.6 is 0 Å². The number of hydrogen-bond acceptors (Lipinski definition) is 7. The average Bonchev–Trinajstić information content (AvgIpc) is 3.11. The molecule has 4 aromatic rings. The molecule has 2 heterocycles. The van der Waals surface area contributed by atoms with Crippen molar-refractivity contribution in [3.8, 4) is 17.2 Å². The first-order valence-electron chi connectivity index (χ1n) is 9.73. The lowest BCUT2D eigenvalue weighted by molar-refractivity contribution is 0.0536. The molecule has 0 saturated carbocycles. The highest BCUT2D eigenvalue weighted by atomic mass is 16.5. The largest absolute Gasteiger partial charge is 0.491 e. The van der Waals surface area contributed by atoms with Crippen LogP contribution in [0.5, 0.6) is 17.2 Å². The Kier molecular flexibility index (Phi) is 5.75. The molecule has 0 spiro atoms. The van der Waals surface area contributed by atoms with Crippen molar-refractivity contribution in [2.45, 2.75) is 13.0 Å². The monoisotopic (exact) mass is 422 g/mol. The molecule has 3 N–H and O–H groups in total. The van der Waals surface area contributed by atoms with Gasteiger partial charge in [0, 0.05) is 36.1 Å².